The van der Waals surface area contributed by atoms with Crippen molar-refractivity contribution in [2.24, 2.45) is 5.92 Å². The van der Waals surface area contributed by atoms with Crippen LogP contribution in [-0.4, -0.2) is 53.4 Å². The number of pyridine rings is 1. The Labute approximate surface area is 148 Å². The molecule has 1 atom stereocenters. The Balaban J connectivity index is 1.77. The summed E-state index contributed by atoms with van der Waals surface area (Å²) in [6.07, 6.45) is 3.90. The molecule has 3 heterocycles. The number of ether oxygens (including phenoxy) is 2. The maximum atomic E-state index is 5.67. The van der Waals surface area contributed by atoms with E-state index in [0.717, 1.165) is 31.5 Å². The minimum Gasteiger partial charge on any atom is -0.475 e. The zero-order valence-corrected chi connectivity index (χ0v) is 15.1. The molecule has 2 aromatic heterocycles. The van der Waals surface area contributed by atoms with E-state index in [1.807, 2.05) is 12.1 Å². The highest BCUT2D eigenvalue weighted by Crippen LogP contribution is 2.33. The van der Waals surface area contributed by atoms with E-state index in [9.17, 15) is 0 Å². The van der Waals surface area contributed by atoms with Crippen molar-refractivity contribution in [3.05, 3.63) is 24.2 Å². The zero-order chi connectivity index (χ0) is 17.6. The smallest absolute Gasteiger partial charge is 0.244 e. The largest absolute Gasteiger partial charge is 0.475 e. The van der Waals surface area contributed by atoms with Gasteiger partial charge in [-0.15, -0.1) is 0 Å². The molecule has 3 rings (SSSR count). The fourth-order valence-electron chi connectivity index (χ4n) is 3.17. The number of likely N-dealkylation sites (tertiary alicyclic amines) is 1. The molecule has 1 aliphatic heterocycles. The number of hydrogen-bond donors (Lipinski definition) is 0. The second-order valence-electron chi connectivity index (χ2n) is 6.70. The highest BCUT2D eigenvalue weighted by Gasteiger charge is 2.31. The number of nitrogens with zero attached hydrogens (tertiary/aromatic N) is 4. The van der Waals surface area contributed by atoms with Gasteiger partial charge in [0, 0.05) is 19.9 Å². The van der Waals surface area contributed by atoms with Gasteiger partial charge in [0.1, 0.15) is 6.61 Å². The summed E-state index contributed by atoms with van der Waals surface area (Å²) in [7, 11) is 1.64. The van der Waals surface area contributed by atoms with Crippen LogP contribution >= 0.6 is 0 Å². The lowest BCUT2D eigenvalue weighted by Crippen LogP contribution is -2.27. The molecule has 1 saturated heterocycles. The van der Waals surface area contributed by atoms with Gasteiger partial charge in [-0.05, 0) is 37.4 Å². The first-order valence-corrected chi connectivity index (χ1v) is 8.83. The molecule has 0 N–H and O–H groups in total. The molecule has 0 aromatic carbocycles. The molecule has 136 valence electrons. The Morgan fingerprint density at radius 1 is 1.36 bits per heavy atom. The standard InChI is InChI=1S/C18H26N4O3/c1-13(2)12-22-9-5-7-15(22)18-20-16(21-25-18)14-6-4-8-19-17(14)24-11-10-23-3/h4,6,8,13,15H,5,7,9-12H2,1-3H3/t15-/m0/s1. The van der Waals surface area contributed by atoms with Crippen molar-refractivity contribution < 1.29 is 14.0 Å². The van der Waals surface area contributed by atoms with E-state index in [4.69, 9.17) is 14.0 Å². The molecule has 0 spiro atoms. The van der Waals surface area contributed by atoms with Crippen molar-refractivity contribution in [1.29, 1.82) is 0 Å². The predicted molar refractivity (Wildman–Crippen MR) is 93.3 cm³/mol. The lowest BCUT2D eigenvalue weighted by atomic mass is 10.1. The Bertz CT molecular complexity index is 674. The van der Waals surface area contributed by atoms with Gasteiger partial charge in [0.05, 0.1) is 18.2 Å². The third kappa shape index (κ3) is 4.35. The number of rotatable bonds is 8. The molecule has 0 saturated carbocycles. The van der Waals surface area contributed by atoms with Gasteiger partial charge in [0.25, 0.3) is 0 Å². The van der Waals surface area contributed by atoms with Crippen LogP contribution in [0, 0.1) is 5.92 Å². The average molecular weight is 346 g/mol. The first-order chi connectivity index (χ1) is 12.2. The summed E-state index contributed by atoms with van der Waals surface area (Å²) in [6.45, 7) is 7.51. The van der Waals surface area contributed by atoms with Crippen LogP contribution in [0.15, 0.2) is 22.9 Å². The number of hydrogen-bond acceptors (Lipinski definition) is 7. The minimum absolute atomic E-state index is 0.207. The molecule has 7 heteroatoms. The Morgan fingerprint density at radius 2 is 2.24 bits per heavy atom. The summed E-state index contributed by atoms with van der Waals surface area (Å²) in [5.41, 5.74) is 0.738. The molecule has 1 fully saturated rings. The van der Waals surface area contributed by atoms with Gasteiger partial charge in [-0.25, -0.2) is 4.98 Å². The molecular formula is C18H26N4O3. The van der Waals surface area contributed by atoms with Crippen LogP contribution in [-0.2, 0) is 4.74 Å². The third-order valence-electron chi connectivity index (χ3n) is 4.23. The van der Waals surface area contributed by atoms with E-state index in [1.165, 1.54) is 0 Å². The Kier molecular flexibility index (Phi) is 5.99. The average Bonchev–Trinajstić information content (AvgIpc) is 3.24. The lowest BCUT2D eigenvalue weighted by Gasteiger charge is -2.23. The van der Waals surface area contributed by atoms with Crippen molar-refractivity contribution in [3.8, 4) is 17.3 Å². The molecule has 0 amide bonds. The normalized spacial score (nSPS) is 18.2. The lowest BCUT2D eigenvalue weighted by molar-refractivity contribution is 0.144. The van der Waals surface area contributed by atoms with Crippen molar-refractivity contribution in [1.82, 2.24) is 20.0 Å². The molecule has 0 bridgehead atoms. The fraction of sp³-hybridized carbons (Fsp3) is 0.611. The number of methoxy groups -OCH3 is 1. The van der Waals surface area contributed by atoms with Gasteiger partial charge < -0.3 is 14.0 Å². The minimum atomic E-state index is 0.207. The van der Waals surface area contributed by atoms with Crippen LogP contribution in [0.25, 0.3) is 11.4 Å². The van der Waals surface area contributed by atoms with Crippen molar-refractivity contribution in [2.45, 2.75) is 32.7 Å². The van der Waals surface area contributed by atoms with Crippen LogP contribution in [0.5, 0.6) is 5.88 Å². The van der Waals surface area contributed by atoms with E-state index in [0.29, 0.717) is 36.7 Å². The van der Waals surface area contributed by atoms with E-state index in [-0.39, 0.29) is 6.04 Å². The summed E-state index contributed by atoms with van der Waals surface area (Å²) in [5, 5.41) is 4.17. The van der Waals surface area contributed by atoms with Gasteiger partial charge in [0.2, 0.25) is 17.6 Å². The molecule has 7 nitrogen and oxygen atoms in total. The molecule has 2 aromatic rings. The van der Waals surface area contributed by atoms with Gasteiger partial charge in [-0.3, -0.25) is 4.90 Å². The topological polar surface area (TPSA) is 73.5 Å². The van der Waals surface area contributed by atoms with E-state index in [2.05, 4.69) is 33.9 Å². The molecule has 25 heavy (non-hydrogen) atoms. The third-order valence-corrected chi connectivity index (χ3v) is 4.23. The van der Waals surface area contributed by atoms with Crippen LogP contribution < -0.4 is 4.74 Å². The second-order valence-corrected chi connectivity index (χ2v) is 6.70. The molecule has 1 aliphatic rings. The van der Waals surface area contributed by atoms with Crippen LogP contribution in [0.1, 0.15) is 38.6 Å². The quantitative estimate of drug-likeness (QED) is 0.680. The van der Waals surface area contributed by atoms with Gasteiger partial charge in [-0.1, -0.05) is 19.0 Å². The summed E-state index contributed by atoms with van der Waals surface area (Å²) in [4.78, 5) is 11.3. The first-order valence-electron chi connectivity index (χ1n) is 8.83. The van der Waals surface area contributed by atoms with E-state index < -0.39 is 0 Å². The SMILES string of the molecule is COCCOc1ncccc1-c1noc([C@@H]2CCCN2CC(C)C)n1. The zero-order valence-electron chi connectivity index (χ0n) is 15.1. The highest BCUT2D eigenvalue weighted by atomic mass is 16.5. The van der Waals surface area contributed by atoms with Crippen LogP contribution in [0.3, 0.4) is 0 Å². The molecular weight excluding hydrogens is 320 g/mol. The van der Waals surface area contributed by atoms with Gasteiger partial charge in [0.15, 0.2) is 0 Å². The number of aromatic nitrogens is 3. The van der Waals surface area contributed by atoms with E-state index >= 15 is 0 Å². The summed E-state index contributed by atoms with van der Waals surface area (Å²) in [6, 6.07) is 3.94. The molecule has 0 radical (unpaired) electrons. The van der Waals surface area contributed by atoms with Crippen LogP contribution in [0.2, 0.25) is 0 Å². The molecule has 0 aliphatic carbocycles. The van der Waals surface area contributed by atoms with Crippen molar-refractivity contribution in [2.75, 3.05) is 33.4 Å². The van der Waals surface area contributed by atoms with Crippen molar-refractivity contribution in [3.63, 3.8) is 0 Å². The fourth-order valence-corrected chi connectivity index (χ4v) is 3.17. The maximum Gasteiger partial charge on any atom is 0.244 e. The maximum absolute atomic E-state index is 5.67. The monoisotopic (exact) mass is 346 g/mol. The Morgan fingerprint density at radius 3 is 3.04 bits per heavy atom. The van der Waals surface area contributed by atoms with Gasteiger partial charge in [-0.2, -0.15) is 4.98 Å². The first kappa shape index (κ1) is 17.8. The van der Waals surface area contributed by atoms with E-state index in [1.54, 1.807) is 13.3 Å². The Hall–Kier alpha value is -1.99. The van der Waals surface area contributed by atoms with Gasteiger partial charge >= 0.3 is 0 Å². The van der Waals surface area contributed by atoms with Crippen LogP contribution in [0.4, 0.5) is 0 Å². The molecule has 0 unspecified atom stereocenters. The second kappa shape index (κ2) is 8.40. The summed E-state index contributed by atoms with van der Waals surface area (Å²) in [5.74, 6) is 2.31. The summed E-state index contributed by atoms with van der Waals surface area (Å²) >= 11 is 0. The van der Waals surface area contributed by atoms with Crippen molar-refractivity contribution >= 4 is 0 Å². The highest BCUT2D eigenvalue weighted by molar-refractivity contribution is 5.60. The summed E-state index contributed by atoms with van der Waals surface area (Å²) < 4.78 is 16.3. The predicted octanol–water partition coefficient (Wildman–Crippen LogP) is 2.95.